The van der Waals surface area contributed by atoms with Crippen molar-refractivity contribution in [2.45, 2.75) is 13.8 Å². The van der Waals surface area contributed by atoms with Gasteiger partial charge in [-0.25, -0.2) is 4.98 Å². The van der Waals surface area contributed by atoms with E-state index in [1.807, 2.05) is 26.0 Å². The van der Waals surface area contributed by atoms with E-state index < -0.39 is 0 Å². The predicted molar refractivity (Wildman–Crippen MR) is 67.9 cm³/mol. The van der Waals surface area contributed by atoms with Crippen LogP contribution in [0, 0.1) is 0 Å². The molecule has 3 N–H and O–H groups in total. The van der Waals surface area contributed by atoms with Crippen LogP contribution >= 0.6 is 0 Å². The molecule has 0 spiro atoms. The van der Waals surface area contributed by atoms with E-state index in [0.29, 0.717) is 5.95 Å². The van der Waals surface area contributed by atoms with Gasteiger partial charge in [0.1, 0.15) is 5.82 Å². The van der Waals surface area contributed by atoms with Crippen molar-refractivity contribution in [3.63, 3.8) is 0 Å². The summed E-state index contributed by atoms with van der Waals surface area (Å²) < 4.78 is 0. The summed E-state index contributed by atoms with van der Waals surface area (Å²) in [5.74, 6) is 2.19. The average Bonchev–Trinajstić information content (AvgIpc) is 2.79. The van der Waals surface area contributed by atoms with Crippen LogP contribution in [0.1, 0.15) is 13.8 Å². The lowest BCUT2D eigenvalue weighted by molar-refractivity contribution is 1.06. The number of H-pyrrole nitrogens is 1. The van der Waals surface area contributed by atoms with E-state index in [-0.39, 0.29) is 0 Å². The van der Waals surface area contributed by atoms with Gasteiger partial charge in [-0.15, -0.1) is 5.10 Å². The number of hydrogen-bond acceptors (Lipinski definition) is 5. The summed E-state index contributed by atoms with van der Waals surface area (Å²) in [6.45, 7) is 5.68. The molecule has 90 valence electrons. The highest BCUT2D eigenvalue weighted by Gasteiger charge is 2.05. The van der Waals surface area contributed by atoms with Crippen LogP contribution in [-0.4, -0.2) is 33.3 Å². The van der Waals surface area contributed by atoms with Gasteiger partial charge in [0.05, 0.1) is 0 Å². The van der Waals surface area contributed by atoms with Gasteiger partial charge in [-0.05, 0) is 26.0 Å². The molecule has 2 aromatic rings. The van der Waals surface area contributed by atoms with Crippen molar-refractivity contribution in [2.24, 2.45) is 0 Å². The fraction of sp³-hybridized carbons (Fsp3) is 0.364. The largest absolute Gasteiger partial charge is 0.370 e. The first kappa shape index (κ1) is 11.4. The van der Waals surface area contributed by atoms with Gasteiger partial charge in [0, 0.05) is 24.8 Å². The van der Waals surface area contributed by atoms with Crippen LogP contribution < -0.4 is 10.6 Å². The molecule has 6 heteroatoms. The minimum atomic E-state index is 0.615. The number of nitrogens with one attached hydrogen (secondary N) is 3. The number of hydrogen-bond donors (Lipinski definition) is 3. The van der Waals surface area contributed by atoms with Crippen molar-refractivity contribution < 1.29 is 0 Å². The Bertz CT molecular complexity index is 478. The molecule has 17 heavy (non-hydrogen) atoms. The van der Waals surface area contributed by atoms with E-state index in [0.717, 1.165) is 30.3 Å². The first-order valence-electron chi connectivity index (χ1n) is 5.70. The van der Waals surface area contributed by atoms with Crippen LogP contribution in [0.3, 0.4) is 0 Å². The van der Waals surface area contributed by atoms with Crippen LogP contribution in [-0.2, 0) is 0 Å². The van der Waals surface area contributed by atoms with E-state index in [1.165, 1.54) is 0 Å². The van der Waals surface area contributed by atoms with Gasteiger partial charge in [0.15, 0.2) is 5.82 Å². The molecule has 0 saturated carbocycles. The van der Waals surface area contributed by atoms with Crippen LogP contribution in [0.2, 0.25) is 0 Å². The van der Waals surface area contributed by atoms with Gasteiger partial charge in [-0.3, -0.25) is 5.10 Å². The molecule has 0 aliphatic carbocycles. The molecule has 0 fully saturated rings. The zero-order valence-corrected chi connectivity index (χ0v) is 9.99. The molecule has 2 aromatic heterocycles. The van der Waals surface area contributed by atoms with Crippen LogP contribution in [0.4, 0.5) is 11.8 Å². The maximum atomic E-state index is 4.34. The van der Waals surface area contributed by atoms with Crippen molar-refractivity contribution in [1.29, 1.82) is 0 Å². The van der Waals surface area contributed by atoms with Crippen molar-refractivity contribution in [2.75, 3.05) is 23.7 Å². The van der Waals surface area contributed by atoms with E-state index in [1.54, 1.807) is 6.20 Å². The number of aromatic amines is 1. The Balaban J connectivity index is 2.22. The lowest BCUT2D eigenvalue weighted by Gasteiger charge is -2.02. The summed E-state index contributed by atoms with van der Waals surface area (Å²) in [5, 5.41) is 13.2. The third kappa shape index (κ3) is 2.72. The van der Waals surface area contributed by atoms with Crippen LogP contribution in [0.25, 0.3) is 11.4 Å². The molecule has 2 heterocycles. The van der Waals surface area contributed by atoms with E-state index in [4.69, 9.17) is 0 Å². The molecule has 0 radical (unpaired) electrons. The molecule has 0 aliphatic rings. The third-order valence-corrected chi connectivity index (χ3v) is 2.21. The second-order valence-corrected chi connectivity index (χ2v) is 3.50. The minimum Gasteiger partial charge on any atom is -0.370 e. The maximum Gasteiger partial charge on any atom is 0.242 e. The molecular weight excluding hydrogens is 216 g/mol. The molecule has 0 saturated heterocycles. The summed E-state index contributed by atoms with van der Waals surface area (Å²) >= 11 is 0. The lowest BCUT2D eigenvalue weighted by Crippen LogP contribution is -1.99. The predicted octanol–water partition coefficient (Wildman–Crippen LogP) is 1.73. The summed E-state index contributed by atoms with van der Waals surface area (Å²) in [7, 11) is 0. The van der Waals surface area contributed by atoms with E-state index in [2.05, 4.69) is 30.8 Å². The van der Waals surface area contributed by atoms with E-state index in [9.17, 15) is 0 Å². The van der Waals surface area contributed by atoms with Gasteiger partial charge in [-0.1, -0.05) is 0 Å². The zero-order valence-electron chi connectivity index (χ0n) is 9.99. The number of nitrogens with zero attached hydrogens (tertiary/aromatic N) is 3. The second kappa shape index (κ2) is 5.29. The fourth-order valence-corrected chi connectivity index (χ4v) is 1.48. The van der Waals surface area contributed by atoms with E-state index >= 15 is 0 Å². The molecule has 0 aliphatic heterocycles. The molecule has 0 aromatic carbocycles. The van der Waals surface area contributed by atoms with Crippen molar-refractivity contribution in [1.82, 2.24) is 20.2 Å². The van der Waals surface area contributed by atoms with Gasteiger partial charge in [-0.2, -0.15) is 4.98 Å². The Morgan fingerprint density at radius 2 is 2.06 bits per heavy atom. The number of aromatic nitrogens is 4. The monoisotopic (exact) mass is 232 g/mol. The van der Waals surface area contributed by atoms with Crippen molar-refractivity contribution in [3.8, 4) is 11.4 Å². The summed E-state index contributed by atoms with van der Waals surface area (Å²) in [4.78, 5) is 8.55. The number of rotatable bonds is 5. The summed E-state index contributed by atoms with van der Waals surface area (Å²) in [5.41, 5.74) is 0.965. The Kier molecular flexibility index (Phi) is 3.54. The summed E-state index contributed by atoms with van der Waals surface area (Å²) in [6, 6.07) is 3.84. The highest BCUT2D eigenvalue weighted by molar-refractivity contribution is 5.60. The van der Waals surface area contributed by atoms with Crippen LogP contribution in [0.5, 0.6) is 0 Å². The first-order chi connectivity index (χ1) is 8.33. The Hall–Kier alpha value is -2.11. The average molecular weight is 232 g/mol. The third-order valence-electron chi connectivity index (χ3n) is 2.21. The molecule has 0 unspecified atom stereocenters. The molecule has 0 atom stereocenters. The Labute approximate surface area is 99.9 Å². The molecule has 0 amide bonds. The van der Waals surface area contributed by atoms with Crippen LogP contribution in [0.15, 0.2) is 18.3 Å². The molecule has 2 rings (SSSR count). The number of pyridine rings is 1. The molecular formula is C11H16N6. The van der Waals surface area contributed by atoms with Gasteiger partial charge >= 0.3 is 0 Å². The van der Waals surface area contributed by atoms with Gasteiger partial charge < -0.3 is 10.6 Å². The zero-order chi connectivity index (χ0) is 12.1. The highest BCUT2D eigenvalue weighted by atomic mass is 15.3. The van der Waals surface area contributed by atoms with Crippen molar-refractivity contribution in [3.05, 3.63) is 18.3 Å². The van der Waals surface area contributed by atoms with Crippen molar-refractivity contribution >= 4 is 11.8 Å². The Morgan fingerprint density at radius 3 is 2.82 bits per heavy atom. The second-order valence-electron chi connectivity index (χ2n) is 3.50. The Morgan fingerprint density at radius 1 is 1.24 bits per heavy atom. The molecule has 0 bridgehead atoms. The maximum absolute atomic E-state index is 4.34. The summed E-state index contributed by atoms with van der Waals surface area (Å²) in [6.07, 6.45) is 1.75. The quantitative estimate of drug-likeness (QED) is 0.731. The normalized spacial score (nSPS) is 10.2. The first-order valence-corrected chi connectivity index (χ1v) is 5.70. The van der Waals surface area contributed by atoms with Gasteiger partial charge in [0.2, 0.25) is 5.95 Å². The minimum absolute atomic E-state index is 0.615. The molecule has 6 nitrogen and oxygen atoms in total. The topological polar surface area (TPSA) is 78.5 Å². The fourth-order valence-electron chi connectivity index (χ4n) is 1.48. The number of anilines is 2. The SMILES string of the molecule is CCNc1cc(-c2nc(NCC)n[nH]2)ccn1. The highest BCUT2D eigenvalue weighted by Crippen LogP contribution is 2.17. The lowest BCUT2D eigenvalue weighted by atomic mass is 10.2. The standard InChI is InChI=1S/C11H16N6/c1-3-12-9-7-8(5-6-14-9)10-15-11(13-4-2)17-16-10/h5-7H,3-4H2,1-2H3,(H,12,14)(H2,13,15,16,17). The smallest absolute Gasteiger partial charge is 0.242 e. The van der Waals surface area contributed by atoms with Gasteiger partial charge in [0.25, 0.3) is 0 Å².